The van der Waals surface area contributed by atoms with Crippen LogP contribution >= 0.6 is 0 Å². The van der Waals surface area contributed by atoms with Gasteiger partial charge in [-0.2, -0.15) is 0 Å². The molecule has 3 nitrogen and oxygen atoms in total. The van der Waals surface area contributed by atoms with Crippen LogP contribution in [-0.2, 0) is 0 Å². The maximum Gasteiger partial charge on any atom is 0.164 e. The lowest BCUT2D eigenvalue weighted by atomic mass is 10.0. The van der Waals surface area contributed by atoms with Gasteiger partial charge in [0.25, 0.3) is 0 Å². The van der Waals surface area contributed by atoms with Gasteiger partial charge in [-0.05, 0) is 25.1 Å². The molecule has 0 saturated heterocycles. The summed E-state index contributed by atoms with van der Waals surface area (Å²) in [5.41, 5.74) is 1.66. The summed E-state index contributed by atoms with van der Waals surface area (Å²) in [6.45, 7) is 1.44. The minimum atomic E-state index is -0.167. The largest absolute Gasteiger partial charge is 0.507 e. The van der Waals surface area contributed by atoms with Crippen molar-refractivity contribution in [3.05, 3.63) is 42.0 Å². The fourth-order valence-corrected chi connectivity index (χ4v) is 2.16. The molecule has 17 heavy (non-hydrogen) atoms. The highest BCUT2D eigenvalue weighted by Gasteiger charge is 2.16. The number of Topliss-reactive ketones (excluding diaryl/α,β-unsaturated/α-hetero) is 1. The second-order valence-corrected chi connectivity index (χ2v) is 3.99. The summed E-state index contributed by atoms with van der Waals surface area (Å²) in [6.07, 6.45) is 0. The molecule has 0 fully saturated rings. The SMILES string of the molecule is CC(=O)c1c(O)ccc2oc3ccccc3c12. The van der Waals surface area contributed by atoms with Crippen LogP contribution in [0.5, 0.6) is 5.75 Å². The van der Waals surface area contributed by atoms with Crippen LogP contribution in [0.25, 0.3) is 21.9 Å². The number of ketones is 1. The van der Waals surface area contributed by atoms with E-state index in [0.717, 1.165) is 11.0 Å². The van der Waals surface area contributed by atoms with Crippen molar-refractivity contribution in [2.75, 3.05) is 0 Å². The van der Waals surface area contributed by atoms with Gasteiger partial charge in [0, 0.05) is 10.8 Å². The second kappa shape index (κ2) is 3.35. The smallest absolute Gasteiger partial charge is 0.164 e. The Bertz CT molecular complexity index is 738. The Balaban J connectivity index is 2.60. The highest BCUT2D eigenvalue weighted by molar-refractivity contribution is 6.17. The molecule has 0 aliphatic carbocycles. The standard InChI is InChI=1S/C14H10O3/c1-8(15)13-10(16)6-7-12-14(13)9-4-2-3-5-11(9)17-12/h2-7,16H,1H3. The number of aromatic hydroxyl groups is 1. The molecule has 84 valence electrons. The van der Waals surface area contributed by atoms with Crippen LogP contribution in [0.15, 0.2) is 40.8 Å². The van der Waals surface area contributed by atoms with E-state index in [-0.39, 0.29) is 11.5 Å². The van der Waals surface area contributed by atoms with E-state index < -0.39 is 0 Å². The number of fused-ring (bicyclic) bond motifs is 3. The molecule has 1 N–H and O–H groups in total. The molecule has 0 unspecified atom stereocenters. The van der Waals surface area contributed by atoms with Crippen LogP contribution in [0.4, 0.5) is 0 Å². The van der Waals surface area contributed by atoms with Crippen LogP contribution < -0.4 is 0 Å². The number of hydrogen-bond donors (Lipinski definition) is 1. The van der Waals surface area contributed by atoms with Gasteiger partial charge in [-0.25, -0.2) is 0 Å². The summed E-state index contributed by atoms with van der Waals surface area (Å²) in [5.74, 6) is -0.170. The summed E-state index contributed by atoms with van der Waals surface area (Å²) in [7, 11) is 0. The Morgan fingerprint density at radius 3 is 2.65 bits per heavy atom. The Labute approximate surface area is 97.3 Å². The maximum absolute atomic E-state index is 11.6. The van der Waals surface area contributed by atoms with Crippen LogP contribution in [0.1, 0.15) is 17.3 Å². The Hall–Kier alpha value is -2.29. The fraction of sp³-hybridized carbons (Fsp3) is 0.0714. The highest BCUT2D eigenvalue weighted by Crippen LogP contribution is 2.35. The van der Waals surface area contributed by atoms with Crippen molar-refractivity contribution < 1.29 is 14.3 Å². The van der Waals surface area contributed by atoms with Crippen LogP contribution in [-0.4, -0.2) is 10.9 Å². The zero-order valence-electron chi connectivity index (χ0n) is 9.23. The molecule has 0 spiro atoms. The number of carbonyl (C=O) groups excluding carboxylic acids is 1. The average Bonchev–Trinajstić information content (AvgIpc) is 2.67. The van der Waals surface area contributed by atoms with Gasteiger partial charge in [0.05, 0.1) is 5.56 Å². The first-order valence-corrected chi connectivity index (χ1v) is 5.32. The lowest BCUT2D eigenvalue weighted by Gasteiger charge is -2.01. The predicted molar refractivity (Wildman–Crippen MR) is 65.4 cm³/mol. The van der Waals surface area contributed by atoms with E-state index in [4.69, 9.17) is 4.42 Å². The monoisotopic (exact) mass is 226 g/mol. The summed E-state index contributed by atoms with van der Waals surface area (Å²) in [5, 5.41) is 11.3. The van der Waals surface area contributed by atoms with Crippen molar-refractivity contribution >= 4 is 27.7 Å². The molecule has 3 aromatic rings. The lowest BCUT2D eigenvalue weighted by molar-refractivity contribution is 0.101. The van der Waals surface area contributed by atoms with E-state index in [1.54, 1.807) is 6.07 Å². The van der Waals surface area contributed by atoms with Gasteiger partial charge >= 0.3 is 0 Å². The third kappa shape index (κ3) is 1.32. The van der Waals surface area contributed by atoms with Crippen molar-refractivity contribution in [3.8, 4) is 5.75 Å². The van der Waals surface area contributed by atoms with Crippen molar-refractivity contribution in [1.29, 1.82) is 0 Å². The molecule has 0 aliphatic heterocycles. The minimum Gasteiger partial charge on any atom is -0.507 e. The first kappa shape index (κ1) is 9.90. The van der Waals surface area contributed by atoms with E-state index in [9.17, 15) is 9.90 Å². The normalized spacial score (nSPS) is 11.1. The average molecular weight is 226 g/mol. The Morgan fingerprint density at radius 2 is 1.88 bits per heavy atom. The van der Waals surface area contributed by atoms with Gasteiger partial charge in [0.2, 0.25) is 0 Å². The third-order valence-corrected chi connectivity index (χ3v) is 2.87. The van der Waals surface area contributed by atoms with Crippen molar-refractivity contribution in [2.24, 2.45) is 0 Å². The highest BCUT2D eigenvalue weighted by atomic mass is 16.3. The molecular weight excluding hydrogens is 216 g/mol. The molecule has 2 aromatic carbocycles. The molecule has 3 rings (SSSR count). The van der Waals surface area contributed by atoms with E-state index in [2.05, 4.69) is 0 Å². The van der Waals surface area contributed by atoms with Gasteiger partial charge in [-0.3, -0.25) is 4.79 Å². The first-order valence-electron chi connectivity index (χ1n) is 5.32. The number of phenolic OH excluding ortho intramolecular Hbond substituents is 1. The number of hydrogen-bond acceptors (Lipinski definition) is 3. The summed E-state index contributed by atoms with van der Waals surface area (Å²) in [6, 6.07) is 10.6. The maximum atomic E-state index is 11.6. The zero-order chi connectivity index (χ0) is 12.0. The van der Waals surface area contributed by atoms with Crippen LogP contribution in [0.3, 0.4) is 0 Å². The summed E-state index contributed by atoms with van der Waals surface area (Å²) in [4.78, 5) is 11.6. The Kier molecular flexibility index (Phi) is 1.95. The van der Waals surface area contributed by atoms with E-state index in [1.807, 2.05) is 24.3 Å². The molecular formula is C14H10O3. The molecule has 0 amide bonds. The lowest BCUT2D eigenvalue weighted by Crippen LogP contribution is -1.93. The van der Waals surface area contributed by atoms with Crippen molar-refractivity contribution in [3.63, 3.8) is 0 Å². The number of benzene rings is 2. The molecule has 0 saturated carbocycles. The summed E-state index contributed by atoms with van der Waals surface area (Å²) >= 11 is 0. The molecule has 0 atom stereocenters. The van der Waals surface area contributed by atoms with Crippen molar-refractivity contribution in [2.45, 2.75) is 6.92 Å². The summed E-state index contributed by atoms with van der Waals surface area (Å²) < 4.78 is 5.63. The van der Waals surface area contributed by atoms with Crippen LogP contribution in [0.2, 0.25) is 0 Å². The molecule has 1 aromatic heterocycles. The van der Waals surface area contributed by atoms with Gasteiger partial charge in [0.1, 0.15) is 16.9 Å². The first-order chi connectivity index (χ1) is 8.18. The van der Waals surface area contributed by atoms with Gasteiger partial charge in [-0.15, -0.1) is 0 Å². The van der Waals surface area contributed by atoms with Gasteiger partial charge in [0.15, 0.2) is 5.78 Å². The van der Waals surface area contributed by atoms with E-state index in [0.29, 0.717) is 16.5 Å². The zero-order valence-corrected chi connectivity index (χ0v) is 9.23. The minimum absolute atomic E-state index is 0.00319. The van der Waals surface area contributed by atoms with Gasteiger partial charge < -0.3 is 9.52 Å². The van der Waals surface area contributed by atoms with Gasteiger partial charge in [-0.1, -0.05) is 18.2 Å². The predicted octanol–water partition coefficient (Wildman–Crippen LogP) is 3.49. The number of carbonyl (C=O) groups is 1. The molecule has 3 heteroatoms. The topological polar surface area (TPSA) is 50.4 Å². The second-order valence-electron chi connectivity index (χ2n) is 3.99. The number of para-hydroxylation sites is 1. The fourth-order valence-electron chi connectivity index (χ4n) is 2.16. The van der Waals surface area contributed by atoms with E-state index >= 15 is 0 Å². The molecule has 0 radical (unpaired) electrons. The molecule has 1 heterocycles. The number of rotatable bonds is 1. The molecule has 0 bridgehead atoms. The van der Waals surface area contributed by atoms with Crippen molar-refractivity contribution in [1.82, 2.24) is 0 Å². The Morgan fingerprint density at radius 1 is 1.12 bits per heavy atom. The number of phenols is 1. The number of furan rings is 1. The quantitative estimate of drug-likeness (QED) is 0.646. The molecule has 0 aliphatic rings. The van der Waals surface area contributed by atoms with E-state index in [1.165, 1.54) is 13.0 Å². The van der Waals surface area contributed by atoms with Crippen LogP contribution in [0, 0.1) is 0 Å². The third-order valence-electron chi connectivity index (χ3n) is 2.87.